The van der Waals surface area contributed by atoms with Crippen LogP contribution in [-0.4, -0.2) is 0 Å². The summed E-state index contributed by atoms with van der Waals surface area (Å²) in [5.74, 6) is 5.68. The third-order valence-electron chi connectivity index (χ3n) is 3.18. The average Bonchev–Trinajstić information content (AvgIpc) is 2.53. The van der Waals surface area contributed by atoms with Crippen molar-refractivity contribution in [3.8, 4) is 11.8 Å². The van der Waals surface area contributed by atoms with Gasteiger partial charge in [-0.2, -0.15) is 0 Å². The molecule has 120 valence electrons. The number of halogens is 1. The largest absolute Gasteiger partial charge is 0.398 e. The van der Waals surface area contributed by atoms with Gasteiger partial charge < -0.3 is 5.73 Å². The van der Waals surface area contributed by atoms with Crippen LogP contribution in [0, 0.1) is 17.7 Å². The lowest BCUT2D eigenvalue weighted by atomic mass is 9.89. The van der Waals surface area contributed by atoms with Crippen molar-refractivity contribution in [2.75, 3.05) is 0 Å². The highest BCUT2D eigenvalue weighted by molar-refractivity contribution is 5.71. The highest BCUT2D eigenvalue weighted by Gasteiger charge is 2.16. The van der Waals surface area contributed by atoms with Crippen molar-refractivity contribution >= 4 is 5.70 Å². The fraction of sp³-hybridized carbons (Fsp3) is 0.400. The van der Waals surface area contributed by atoms with E-state index in [1.165, 1.54) is 0 Å². The van der Waals surface area contributed by atoms with Crippen molar-refractivity contribution in [2.24, 2.45) is 5.73 Å². The maximum absolute atomic E-state index is 13.8. The summed E-state index contributed by atoms with van der Waals surface area (Å²) in [6, 6.07) is 3.10. The van der Waals surface area contributed by atoms with E-state index in [2.05, 4.69) is 11.8 Å². The minimum absolute atomic E-state index is 0.0476. The monoisotopic (exact) mass is 301 g/mol. The van der Waals surface area contributed by atoms with Crippen LogP contribution in [-0.2, 0) is 6.42 Å². The van der Waals surface area contributed by atoms with E-state index in [9.17, 15) is 4.39 Å². The van der Waals surface area contributed by atoms with E-state index in [1.807, 2.05) is 52.8 Å². The Morgan fingerprint density at radius 1 is 1.36 bits per heavy atom. The van der Waals surface area contributed by atoms with Gasteiger partial charge in [0, 0.05) is 17.2 Å². The summed E-state index contributed by atoms with van der Waals surface area (Å²) < 4.78 is 13.8. The van der Waals surface area contributed by atoms with Crippen LogP contribution < -0.4 is 5.73 Å². The van der Waals surface area contributed by atoms with Gasteiger partial charge in [-0.15, -0.1) is 5.92 Å². The quantitative estimate of drug-likeness (QED) is 0.583. The van der Waals surface area contributed by atoms with E-state index in [4.69, 9.17) is 5.73 Å². The van der Waals surface area contributed by atoms with Crippen molar-refractivity contribution in [3.05, 3.63) is 52.9 Å². The van der Waals surface area contributed by atoms with Gasteiger partial charge in [0.1, 0.15) is 5.82 Å². The van der Waals surface area contributed by atoms with Crippen LogP contribution in [0.1, 0.15) is 64.2 Å². The first-order chi connectivity index (χ1) is 10.5. The number of aryl methyl sites for hydroxylation is 1. The highest BCUT2D eigenvalue weighted by atomic mass is 19.1. The highest BCUT2D eigenvalue weighted by Crippen LogP contribution is 2.28. The van der Waals surface area contributed by atoms with Crippen molar-refractivity contribution in [3.63, 3.8) is 0 Å². The zero-order valence-electron chi connectivity index (χ0n) is 14.6. The molecular weight excluding hydrogens is 273 g/mol. The van der Waals surface area contributed by atoms with Gasteiger partial charge in [-0.3, -0.25) is 0 Å². The van der Waals surface area contributed by atoms with E-state index in [1.54, 1.807) is 19.1 Å². The summed E-state index contributed by atoms with van der Waals surface area (Å²) in [7, 11) is 0. The SMILES string of the molecule is CC.CC#CC(C)c1cc(F)cc(CC)c1/C(N)=C/C=C\C. The molecule has 1 nitrogen and oxygen atoms in total. The molecule has 0 aliphatic heterocycles. The first-order valence-corrected chi connectivity index (χ1v) is 7.88. The van der Waals surface area contributed by atoms with E-state index in [0.717, 1.165) is 23.1 Å². The summed E-state index contributed by atoms with van der Waals surface area (Å²) in [6.45, 7) is 11.7. The molecule has 0 heterocycles. The standard InChI is InChI=1S/C18H22FN.C2H6/c1-5-8-10-17(20)18-14(7-3)11-15(19)12-16(18)13(4)9-6-2;1-2/h5,8,10-13H,7,20H2,1-4H3;1-2H3/b8-5-,17-10-;. The number of rotatable bonds is 4. The summed E-state index contributed by atoms with van der Waals surface area (Å²) in [6.07, 6.45) is 6.38. The van der Waals surface area contributed by atoms with E-state index in [-0.39, 0.29) is 11.7 Å². The molecule has 0 aliphatic rings. The Morgan fingerprint density at radius 3 is 2.50 bits per heavy atom. The zero-order valence-corrected chi connectivity index (χ0v) is 14.6. The minimum atomic E-state index is -0.232. The number of hydrogen-bond acceptors (Lipinski definition) is 1. The van der Waals surface area contributed by atoms with Crippen LogP contribution in [0.4, 0.5) is 4.39 Å². The zero-order chi connectivity index (χ0) is 17.1. The average molecular weight is 301 g/mol. The molecular formula is C20H28FN. The lowest BCUT2D eigenvalue weighted by Crippen LogP contribution is -2.08. The molecule has 0 fully saturated rings. The van der Waals surface area contributed by atoms with Crippen LogP contribution in [0.25, 0.3) is 5.70 Å². The maximum Gasteiger partial charge on any atom is 0.123 e. The predicted molar refractivity (Wildman–Crippen MR) is 96.0 cm³/mol. The molecule has 0 spiro atoms. The van der Waals surface area contributed by atoms with Gasteiger partial charge in [0.05, 0.1) is 0 Å². The molecule has 1 rings (SSSR count). The van der Waals surface area contributed by atoms with E-state index >= 15 is 0 Å². The van der Waals surface area contributed by atoms with Gasteiger partial charge in [0.2, 0.25) is 0 Å². The van der Waals surface area contributed by atoms with Gasteiger partial charge in [0.25, 0.3) is 0 Å². The Kier molecular flexibility index (Phi) is 9.70. The maximum atomic E-state index is 13.8. The molecule has 2 N–H and O–H groups in total. The third-order valence-corrected chi connectivity index (χ3v) is 3.18. The third kappa shape index (κ3) is 5.41. The normalized spacial score (nSPS) is 12.2. The Hall–Kier alpha value is -2.01. The lowest BCUT2D eigenvalue weighted by molar-refractivity contribution is 0.622. The second kappa shape index (κ2) is 10.7. The van der Waals surface area contributed by atoms with Crippen molar-refractivity contribution in [2.45, 2.75) is 53.9 Å². The van der Waals surface area contributed by atoms with Crippen LogP contribution in [0.2, 0.25) is 0 Å². The Balaban J connectivity index is 0.00000211. The fourth-order valence-electron chi connectivity index (χ4n) is 2.24. The first-order valence-electron chi connectivity index (χ1n) is 7.88. The summed E-state index contributed by atoms with van der Waals surface area (Å²) >= 11 is 0. The fourth-order valence-corrected chi connectivity index (χ4v) is 2.24. The van der Waals surface area contributed by atoms with Crippen molar-refractivity contribution in [1.29, 1.82) is 0 Å². The smallest absolute Gasteiger partial charge is 0.123 e. The van der Waals surface area contributed by atoms with Gasteiger partial charge >= 0.3 is 0 Å². The molecule has 0 bridgehead atoms. The molecule has 0 aromatic heterocycles. The van der Waals surface area contributed by atoms with Crippen LogP contribution in [0.3, 0.4) is 0 Å². The van der Waals surface area contributed by atoms with E-state index < -0.39 is 0 Å². The Morgan fingerprint density at radius 2 is 2.00 bits per heavy atom. The number of hydrogen-bond donors (Lipinski definition) is 1. The van der Waals surface area contributed by atoms with Gasteiger partial charge in [-0.25, -0.2) is 4.39 Å². The minimum Gasteiger partial charge on any atom is -0.398 e. The summed E-state index contributed by atoms with van der Waals surface area (Å²) in [4.78, 5) is 0. The molecule has 1 unspecified atom stereocenters. The van der Waals surface area contributed by atoms with Crippen LogP contribution >= 0.6 is 0 Å². The van der Waals surface area contributed by atoms with Crippen LogP contribution in [0.5, 0.6) is 0 Å². The number of benzene rings is 1. The van der Waals surface area contributed by atoms with Crippen molar-refractivity contribution < 1.29 is 4.39 Å². The van der Waals surface area contributed by atoms with E-state index in [0.29, 0.717) is 5.70 Å². The molecule has 1 atom stereocenters. The second-order valence-electron chi connectivity index (χ2n) is 4.65. The molecule has 0 saturated heterocycles. The predicted octanol–water partition coefficient (Wildman–Crippen LogP) is 5.42. The van der Waals surface area contributed by atoms with Gasteiger partial charge in [0.15, 0.2) is 0 Å². The number of allylic oxidation sites excluding steroid dienone is 3. The molecule has 0 amide bonds. The Bertz CT molecular complexity index is 586. The van der Waals surface area contributed by atoms with Gasteiger partial charge in [-0.1, -0.05) is 38.8 Å². The summed E-state index contributed by atoms with van der Waals surface area (Å²) in [5, 5.41) is 0. The van der Waals surface area contributed by atoms with Crippen molar-refractivity contribution in [1.82, 2.24) is 0 Å². The Labute approximate surface area is 135 Å². The lowest BCUT2D eigenvalue weighted by Gasteiger charge is -2.17. The molecule has 1 aromatic rings. The topological polar surface area (TPSA) is 26.0 Å². The molecule has 22 heavy (non-hydrogen) atoms. The van der Waals surface area contributed by atoms with Gasteiger partial charge in [-0.05, 0) is 56.5 Å². The second-order valence-corrected chi connectivity index (χ2v) is 4.65. The summed E-state index contributed by atoms with van der Waals surface area (Å²) in [5.41, 5.74) is 9.53. The first kappa shape index (κ1) is 20.0. The molecule has 2 heteroatoms. The molecule has 0 aliphatic carbocycles. The molecule has 0 radical (unpaired) electrons. The molecule has 0 saturated carbocycles. The molecule has 1 aromatic carbocycles. The number of nitrogens with two attached hydrogens (primary N) is 1. The van der Waals surface area contributed by atoms with Crippen LogP contribution in [0.15, 0.2) is 30.4 Å².